The van der Waals surface area contributed by atoms with Gasteiger partial charge in [-0.3, -0.25) is 9.78 Å². The number of aliphatic carboxylic acids is 1. The van der Waals surface area contributed by atoms with Crippen molar-refractivity contribution in [2.24, 2.45) is 0 Å². The predicted octanol–water partition coefficient (Wildman–Crippen LogP) is 3.59. The van der Waals surface area contributed by atoms with Crippen molar-refractivity contribution in [1.29, 1.82) is 0 Å². The molecule has 1 aromatic carbocycles. The molecule has 0 saturated carbocycles. The number of rotatable bonds is 5. The summed E-state index contributed by atoms with van der Waals surface area (Å²) >= 11 is 9.27. The Bertz CT molecular complexity index is 604. The van der Waals surface area contributed by atoms with Crippen LogP contribution in [0, 0.1) is 0 Å². The molecule has 0 radical (unpaired) electrons. The van der Waals surface area contributed by atoms with Gasteiger partial charge in [-0.15, -0.1) is 0 Å². The molecule has 0 amide bonds. The monoisotopic (exact) mass is 354 g/mol. The van der Waals surface area contributed by atoms with Crippen LogP contribution in [0.15, 0.2) is 47.1 Å². The Labute approximate surface area is 130 Å². The van der Waals surface area contributed by atoms with Gasteiger partial charge < -0.3 is 10.0 Å². The zero-order valence-corrected chi connectivity index (χ0v) is 12.8. The van der Waals surface area contributed by atoms with E-state index >= 15 is 0 Å². The molecule has 2 aromatic rings. The first-order valence-electron chi connectivity index (χ1n) is 5.87. The van der Waals surface area contributed by atoms with Gasteiger partial charge in [-0.2, -0.15) is 0 Å². The standard InChI is InChI=1S/C14H12BrClN2O2/c15-10-4-5-12(17-7-10)8-18(9-14(19)20)13-3-1-2-11(16)6-13/h1-7H,8-9H2,(H,19,20). The molecule has 0 fully saturated rings. The second-order valence-electron chi connectivity index (χ2n) is 4.20. The van der Waals surface area contributed by atoms with Gasteiger partial charge in [-0.25, -0.2) is 0 Å². The van der Waals surface area contributed by atoms with Gasteiger partial charge >= 0.3 is 5.97 Å². The lowest BCUT2D eigenvalue weighted by Gasteiger charge is -2.22. The number of hydrogen-bond acceptors (Lipinski definition) is 3. The maximum absolute atomic E-state index is 11.0. The third-order valence-electron chi connectivity index (χ3n) is 2.64. The predicted molar refractivity (Wildman–Crippen MR) is 82.1 cm³/mol. The molecule has 0 spiro atoms. The third-order valence-corrected chi connectivity index (χ3v) is 3.35. The van der Waals surface area contributed by atoms with Crippen LogP contribution in [0.4, 0.5) is 5.69 Å². The van der Waals surface area contributed by atoms with Crippen molar-refractivity contribution >= 4 is 39.2 Å². The van der Waals surface area contributed by atoms with E-state index in [0.717, 1.165) is 15.9 Å². The van der Waals surface area contributed by atoms with Crippen molar-refractivity contribution in [2.45, 2.75) is 6.54 Å². The van der Waals surface area contributed by atoms with Crippen molar-refractivity contribution in [3.8, 4) is 0 Å². The fourth-order valence-corrected chi connectivity index (χ4v) is 2.19. The molecule has 0 saturated heterocycles. The fraction of sp³-hybridized carbons (Fsp3) is 0.143. The SMILES string of the molecule is O=C(O)CN(Cc1ccc(Br)cn1)c1cccc(Cl)c1. The molecule has 0 bridgehead atoms. The van der Waals surface area contributed by atoms with Crippen molar-refractivity contribution in [2.75, 3.05) is 11.4 Å². The van der Waals surface area contributed by atoms with Gasteiger partial charge in [0, 0.05) is 21.4 Å². The molecule has 20 heavy (non-hydrogen) atoms. The first-order chi connectivity index (χ1) is 9.54. The fourth-order valence-electron chi connectivity index (χ4n) is 1.77. The van der Waals surface area contributed by atoms with Crippen LogP contribution in [0.1, 0.15) is 5.69 Å². The summed E-state index contributed by atoms with van der Waals surface area (Å²) in [6.07, 6.45) is 1.69. The van der Waals surface area contributed by atoms with E-state index in [0.29, 0.717) is 11.6 Å². The Morgan fingerprint density at radius 3 is 2.75 bits per heavy atom. The van der Waals surface area contributed by atoms with Crippen LogP contribution < -0.4 is 4.90 Å². The average molecular weight is 356 g/mol. The highest BCUT2D eigenvalue weighted by Crippen LogP contribution is 2.21. The number of nitrogens with zero attached hydrogens (tertiary/aromatic N) is 2. The molecule has 1 N–H and O–H groups in total. The van der Waals surface area contributed by atoms with Crippen LogP contribution in [0.25, 0.3) is 0 Å². The Morgan fingerprint density at radius 1 is 1.35 bits per heavy atom. The van der Waals surface area contributed by atoms with Crippen LogP contribution in [-0.4, -0.2) is 22.6 Å². The van der Waals surface area contributed by atoms with Gasteiger partial charge in [0.2, 0.25) is 0 Å². The second kappa shape index (κ2) is 6.72. The molecule has 0 atom stereocenters. The second-order valence-corrected chi connectivity index (χ2v) is 5.55. The summed E-state index contributed by atoms with van der Waals surface area (Å²) in [5.74, 6) is -0.901. The minimum atomic E-state index is -0.901. The summed E-state index contributed by atoms with van der Waals surface area (Å²) in [6.45, 7) is 0.290. The Balaban J connectivity index is 2.23. The minimum Gasteiger partial charge on any atom is -0.480 e. The number of benzene rings is 1. The lowest BCUT2D eigenvalue weighted by atomic mass is 10.2. The van der Waals surface area contributed by atoms with E-state index in [2.05, 4.69) is 20.9 Å². The van der Waals surface area contributed by atoms with Crippen LogP contribution in [0.5, 0.6) is 0 Å². The van der Waals surface area contributed by atoms with Crippen molar-refractivity contribution < 1.29 is 9.90 Å². The summed E-state index contributed by atoms with van der Waals surface area (Å²) in [5, 5.41) is 9.61. The topological polar surface area (TPSA) is 53.4 Å². The maximum Gasteiger partial charge on any atom is 0.323 e. The highest BCUT2D eigenvalue weighted by atomic mass is 79.9. The molecule has 0 aliphatic carbocycles. The average Bonchev–Trinajstić information content (AvgIpc) is 2.40. The summed E-state index contributed by atoms with van der Waals surface area (Å²) in [7, 11) is 0. The van der Waals surface area contributed by atoms with Gasteiger partial charge in [0.15, 0.2) is 0 Å². The normalized spacial score (nSPS) is 10.3. The van der Waals surface area contributed by atoms with E-state index < -0.39 is 5.97 Å². The Kier molecular flexibility index (Phi) is 4.98. The zero-order chi connectivity index (χ0) is 14.5. The van der Waals surface area contributed by atoms with Gasteiger partial charge in [-0.1, -0.05) is 17.7 Å². The van der Waals surface area contributed by atoms with Gasteiger partial charge in [0.25, 0.3) is 0 Å². The van der Waals surface area contributed by atoms with E-state index in [-0.39, 0.29) is 6.54 Å². The third kappa shape index (κ3) is 4.21. The van der Waals surface area contributed by atoms with Crippen LogP contribution in [0.3, 0.4) is 0 Å². The molecule has 4 nitrogen and oxygen atoms in total. The molecule has 1 heterocycles. The maximum atomic E-state index is 11.0. The lowest BCUT2D eigenvalue weighted by molar-refractivity contribution is -0.135. The number of anilines is 1. The summed E-state index contributed by atoms with van der Waals surface area (Å²) in [5.41, 5.74) is 1.54. The molecular weight excluding hydrogens is 344 g/mol. The van der Waals surface area contributed by atoms with Crippen molar-refractivity contribution in [3.63, 3.8) is 0 Å². The molecule has 1 aromatic heterocycles. The number of carboxylic acids is 1. The molecular formula is C14H12BrClN2O2. The van der Waals surface area contributed by atoms with Crippen molar-refractivity contribution in [3.05, 3.63) is 57.8 Å². The number of aromatic nitrogens is 1. The van der Waals surface area contributed by atoms with Crippen LogP contribution in [0.2, 0.25) is 5.02 Å². The number of carboxylic acid groups (broad SMARTS) is 1. The molecule has 104 valence electrons. The van der Waals surface area contributed by atoms with E-state index in [1.807, 2.05) is 18.2 Å². The number of halogens is 2. The minimum absolute atomic E-state index is 0.113. The molecule has 0 unspecified atom stereocenters. The van der Waals surface area contributed by atoms with Crippen LogP contribution in [-0.2, 0) is 11.3 Å². The first-order valence-corrected chi connectivity index (χ1v) is 7.04. The highest BCUT2D eigenvalue weighted by molar-refractivity contribution is 9.10. The smallest absolute Gasteiger partial charge is 0.323 e. The molecule has 2 rings (SSSR count). The molecule has 0 aliphatic rings. The zero-order valence-electron chi connectivity index (χ0n) is 10.5. The largest absolute Gasteiger partial charge is 0.480 e. The lowest BCUT2D eigenvalue weighted by Crippen LogP contribution is -2.29. The summed E-state index contributed by atoms with van der Waals surface area (Å²) < 4.78 is 0.883. The van der Waals surface area contributed by atoms with E-state index in [9.17, 15) is 4.79 Å². The van der Waals surface area contributed by atoms with E-state index in [1.165, 1.54) is 0 Å². The summed E-state index contributed by atoms with van der Waals surface area (Å²) in [4.78, 5) is 17.0. The highest BCUT2D eigenvalue weighted by Gasteiger charge is 2.12. The Morgan fingerprint density at radius 2 is 2.15 bits per heavy atom. The quantitative estimate of drug-likeness (QED) is 0.890. The number of hydrogen-bond donors (Lipinski definition) is 1. The van der Waals surface area contributed by atoms with Gasteiger partial charge in [0.1, 0.15) is 6.54 Å². The number of carbonyl (C=O) groups is 1. The van der Waals surface area contributed by atoms with E-state index in [1.54, 1.807) is 29.3 Å². The van der Waals surface area contributed by atoms with Crippen LogP contribution >= 0.6 is 27.5 Å². The number of pyridine rings is 1. The molecule has 6 heteroatoms. The van der Waals surface area contributed by atoms with E-state index in [4.69, 9.17) is 16.7 Å². The van der Waals surface area contributed by atoms with Gasteiger partial charge in [-0.05, 0) is 46.3 Å². The molecule has 0 aliphatic heterocycles. The van der Waals surface area contributed by atoms with Gasteiger partial charge in [0.05, 0.1) is 12.2 Å². The summed E-state index contributed by atoms with van der Waals surface area (Å²) in [6, 6.07) is 10.8. The van der Waals surface area contributed by atoms with Crippen molar-refractivity contribution in [1.82, 2.24) is 4.98 Å². The first kappa shape index (κ1) is 14.8. The Hall–Kier alpha value is -1.59.